The molecule has 0 spiro atoms. The van der Waals surface area contributed by atoms with E-state index < -0.39 is 4.92 Å². The Bertz CT molecular complexity index is 1630. The monoisotopic (exact) mass is 634 g/mol. The molecule has 0 aliphatic rings. The van der Waals surface area contributed by atoms with Crippen molar-refractivity contribution in [3.63, 3.8) is 0 Å². The molecule has 2 aromatic heterocycles. The number of pyridine rings is 1. The van der Waals surface area contributed by atoms with Gasteiger partial charge in [0.1, 0.15) is 11.5 Å². The number of amides is 1. The highest BCUT2D eigenvalue weighted by atomic mass is 32.1. The van der Waals surface area contributed by atoms with Crippen LogP contribution in [0.1, 0.15) is 23.6 Å². The zero-order chi connectivity index (χ0) is 33.2. The van der Waals surface area contributed by atoms with Crippen LogP contribution in [-0.4, -0.2) is 49.2 Å². The molecule has 12 heteroatoms. The molecule has 5 aromatic rings. The number of methoxy groups -OCH3 is 4. The Morgan fingerprint density at radius 1 is 0.867 bits per heavy atom. The summed E-state index contributed by atoms with van der Waals surface area (Å²) >= 11 is 1.57. The number of thiazole rings is 1. The first kappa shape index (κ1) is 36.0. The van der Waals surface area contributed by atoms with Gasteiger partial charge in [-0.3, -0.25) is 14.9 Å². The molecule has 11 nitrogen and oxygen atoms in total. The number of nitrogens with one attached hydrogen (secondary N) is 1. The minimum Gasteiger partial charge on any atom is -0.497 e. The van der Waals surface area contributed by atoms with E-state index in [-0.39, 0.29) is 18.1 Å². The van der Waals surface area contributed by atoms with Crippen LogP contribution in [0.5, 0.6) is 22.6 Å². The van der Waals surface area contributed by atoms with Gasteiger partial charge < -0.3 is 24.3 Å². The highest BCUT2D eigenvalue weighted by Gasteiger charge is 2.11. The van der Waals surface area contributed by atoms with E-state index in [9.17, 15) is 14.9 Å². The van der Waals surface area contributed by atoms with E-state index in [1.807, 2.05) is 36.4 Å². The van der Waals surface area contributed by atoms with Crippen LogP contribution < -0.4 is 24.3 Å². The fourth-order valence-electron chi connectivity index (χ4n) is 3.48. The first-order valence-corrected chi connectivity index (χ1v) is 14.4. The van der Waals surface area contributed by atoms with Gasteiger partial charge in [0.05, 0.1) is 43.6 Å². The number of hydrogen-bond donors (Lipinski definition) is 1. The minimum absolute atomic E-state index is 0.0267. The van der Waals surface area contributed by atoms with Gasteiger partial charge in [0, 0.05) is 43.4 Å². The molecule has 0 aliphatic heterocycles. The largest absolute Gasteiger partial charge is 0.497 e. The van der Waals surface area contributed by atoms with Gasteiger partial charge in [-0.05, 0) is 55.8 Å². The molecule has 0 atom stereocenters. The first-order valence-electron chi connectivity index (χ1n) is 13.6. The summed E-state index contributed by atoms with van der Waals surface area (Å²) in [6.07, 6.45) is 1.69. The number of nitrogens with zero attached hydrogens (tertiary/aromatic N) is 3. The normalized spacial score (nSPS) is 9.58. The van der Waals surface area contributed by atoms with E-state index in [1.54, 1.807) is 44.9 Å². The quantitative estimate of drug-likeness (QED) is 0.149. The number of rotatable bonds is 7. The molecule has 0 bridgehead atoms. The molecule has 1 amide bonds. The predicted octanol–water partition coefficient (Wildman–Crippen LogP) is 6.95. The molecule has 0 aliphatic carbocycles. The Morgan fingerprint density at radius 3 is 2.11 bits per heavy atom. The van der Waals surface area contributed by atoms with Crippen molar-refractivity contribution in [3.8, 4) is 22.6 Å². The van der Waals surface area contributed by atoms with E-state index in [0.717, 1.165) is 16.5 Å². The minimum atomic E-state index is -0.489. The third-order valence-corrected chi connectivity index (χ3v) is 6.80. The van der Waals surface area contributed by atoms with Crippen LogP contribution in [0.4, 0.5) is 5.69 Å². The Balaban J connectivity index is 0.000000216. The molecule has 1 N–H and O–H groups in total. The molecule has 0 fully saturated rings. The van der Waals surface area contributed by atoms with E-state index >= 15 is 0 Å². The van der Waals surface area contributed by atoms with Gasteiger partial charge in [0.25, 0.3) is 10.9 Å². The zero-order valence-corrected chi connectivity index (χ0v) is 27.2. The zero-order valence-electron chi connectivity index (χ0n) is 26.4. The summed E-state index contributed by atoms with van der Waals surface area (Å²) in [5.41, 5.74) is 4.07. The summed E-state index contributed by atoms with van der Waals surface area (Å²) in [6.45, 7) is 5.70. The van der Waals surface area contributed by atoms with Crippen LogP contribution in [0.2, 0.25) is 0 Å². The number of non-ortho nitro benzene ring substituents is 1. The Labute approximate surface area is 266 Å². The fraction of sp³-hybridized carbons (Fsp3) is 0.242. The molecule has 5 rings (SSSR count). The maximum Gasteiger partial charge on any atom is 0.274 e. The number of aromatic nitrogens is 2. The number of benzene rings is 3. The second-order valence-electron chi connectivity index (χ2n) is 9.21. The lowest BCUT2D eigenvalue weighted by Gasteiger charge is -2.08. The van der Waals surface area contributed by atoms with E-state index in [4.69, 9.17) is 18.9 Å². The van der Waals surface area contributed by atoms with Gasteiger partial charge in [0.15, 0.2) is 0 Å². The maximum atomic E-state index is 10.7. The molecule has 45 heavy (non-hydrogen) atoms. The summed E-state index contributed by atoms with van der Waals surface area (Å²) in [4.78, 5) is 29.0. The van der Waals surface area contributed by atoms with Gasteiger partial charge in [-0.1, -0.05) is 41.2 Å². The van der Waals surface area contributed by atoms with Gasteiger partial charge in [-0.25, -0.2) is 9.97 Å². The molecular weight excluding hydrogens is 596 g/mol. The van der Waals surface area contributed by atoms with Crippen molar-refractivity contribution >= 4 is 33.1 Å². The summed E-state index contributed by atoms with van der Waals surface area (Å²) in [6, 6.07) is 24.0. The third kappa shape index (κ3) is 12.9. The second kappa shape index (κ2) is 19.1. The van der Waals surface area contributed by atoms with E-state index in [2.05, 4.69) is 47.3 Å². The highest BCUT2D eigenvalue weighted by Crippen LogP contribution is 2.27. The highest BCUT2D eigenvalue weighted by molar-refractivity contribution is 7.20. The Morgan fingerprint density at radius 2 is 1.58 bits per heavy atom. The van der Waals surface area contributed by atoms with Crippen LogP contribution in [0.3, 0.4) is 0 Å². The number of carbonyl (C=O) groups is 1. The van der Waals surface area contributed by atoms with Crippen LogP contribution in [-0.2, 0) is 11.3 Å². The Hall–Kier alpha value is -5.23. The average Bonchev–Trinajstić information content (AvgIpc) is 3.47. The van der Waals surface area contributed by atoms with Gasteiger partial charge in [0.2, 0.25) is 11.8 Å². The number of fused-ring (bicyclic) bond motifs is 1. The maximum absolute atomic E-state index is 10.7. The van der Waals surface area contributed by atoms with E-state index in [1.165, 1.54) is 48.1 Å². The number of nitro groups is 1. The van der Waals surface area contributed by atoms with Gasteiger partial charge in [-0.15, -0.1) is 0 Å². The van der Waals surface area contributed by atoms with Crippen LogP contribution in [0.15, 0.2) is 85.1 Å². The lowest BCUT2D eigenvalue weighted by atomic mass is 10.1. The van der Waals surface area contributed by atoms with Crippen LogP contribution >= 0.6 is 11.3 Å². The number of nitro benzene ring substituents is 1. The van der Waals surface area contributed by atoms with Crippen molar-refractivity contribution in [1.29, 1.82) is 0 Å². The lowest BCUT2D eigenvalue weighted by Crippen LogP contribution is -2.19. The molecule has 3 aromatic carbocycles. The number of ether oxygens (including phenoxy) is 4. The summed E-state index contributed by atoms with van der Waals surface area (Å²) in [7, 11) is 6.38. The first-order chi connectivity index (χ1) is 21.6. The molecule has 0 saturated heterocycles. The molecule has 0 unspecified atom stereocenters. The van der Waals surface area contributed by atoms with Crippen molar-refractivity contribution in [2.45, 2.75) is 27.3 Å². The van der Waals surface area contributed by atoms with Crippen molar-refractivity contribution in [1.82, 2.24) is 15.3 Å². The summed E-state index contributed by atoms with van der Waals surface area (Å²) < 4.78 is 21.0. The number of aryl methyl sites for hydroxylation is 2. The topological polar surface area (TPSA) is 135 Å². The fourth-order valence-corrected chi connectivity index (χ4v) is 4.24. The standard InChI is InChI=1S/C10H12N2O4.C9H9NOS.C8H10O.C6H7NO/c1-7(13)11-6-8-5-9(12(14)15)3-4-10(8)16-2;1-6-3-4-8-7(5-6)10-9(11-2)12-8;1-7-3-5-8(9-2)6-4-7;1-8-6-4-2-3-5-7-6/h3-5H,6H2,1-2H3,(H,11,13);3-5H,1-2H3;3-6H,1-2H3;2-5H,1H3. The van der Waals surface area contributed by atoms with Crippen molar-refractivity contribution in [2.24, 2.45) is 0 Å². The molecular formula is C33H38N4O7S. The van der Waals surface area contributed by atoms with Gasteiger partial charge in [-0.2, -0.15) is 0 Å². The van der Waals surface area contributed by atoms with Crippen LogP contribution in [0, 0.1) is 24.0 Å². The van der Waals surface area contributed by atoms with Crippen molar-refractivity contribution in [2.75, 3.05) is 28.4 Å². The predicted molar refractivity (Wildman–Crippen MR) is 177 cm³/mol. The van der Waals surface area contributed by atoms with Gasteiger partial charge >= 0.3 is 0 Å². The second-order valence-corrected chi connectivity index (χ2v) is 10.2. The summed E-state index contributed by atoms with van der Waals surface area (Å²) in [5.74, 6) is 1.89. The van der Waals surface area contributed by atoms with Crippen LogP contribution in [0.25, 0.3) is 10.2 Å². The lowest BCUT2D eigenvalue weighted by molar-refractivity contribution is -0.384. The molecule has 238 valence electrons. The van der Waals surface area contributed by atoms with Crippen molar-refractivity contribution in [3.05, 3.63) is 112 Å². The molecule has 2 heterocycles. The SMILES string of the molecule is COc1ccc(C)cc1.COc1ccc([N+](=O)[O-])cc1CNC(C)=O.COc1ccccn1.COc1nc2cc(C)ccc2s1. The molecule has 0 saturated carbocycles. The average molecular weight is 635 g/mol. The van der Waals surface area contributed by atoms with E-state index in [0.29, 0.717) is 17.2 Å². The smallest absolute Gasteiger partial charge is 0.274 e. The summed E-state index contributed by atoms with van der Waals surface area (Å²) in [5, 5.41) is 13.9. The number of hydrogen-bond acceptors (Lipinski definition) is 10. The Kier molecular flexibility index (Phi) is 15.3. The molecule has 0 radical (unpaired) electrons. The van der Waals surface area contributed by atoms with Crippen molar-refractivity contribution < 1.29 is 28.7 Å². The third-order valence-electron chi connectivity index (χ3n) is 5.80. The number of carbonyl (C=O) groups excluding carboxylic acids is 1.